The van der Waals surface area contributed by atoms with Crippen LogP contribution in [0.15, 0.2) is 18.3 Å². The van der Waals surface area contributed by atoms with Crippen LogP contribution in [0, 0.1) is 6.92 Å². The van der Waals surface area contributed by atoms with Gasteiger partial charge in [0.25, 0.3) is 0 Å². The first-order chi connectivity index (χ1) is 6.59. The second-order valence-corrected chi connectivity index (χ2v) is 3.98. The van der Waals surface area contributed by atoms with Gasteiger partial charge in [0.2, 0.25) is 0 Å². The minimum absolute atomic E-state index is 0.480. The van der Waals surface area contributed by atoms with Gasteiger partial charge in [0.1, 0.15) is 0 Å². The Morgan fingerprint density at radius 3 is 2.79 bits per heavy atom. The highest BCUT2D eigenvalue weighted by molar-refractivity contribution is 6.35. The van der Waals surface area contributed by atoms with E-state index in [1.54, 1.807) is 13.0 Å². The molecule has 1 unspecified atom stereocenters. The summed E-state index contributed by atoms with van der Waals surface area (Å²) in [5, 5.41) is 11.2. The monoisotopic (exact) mass is 209 g/mol. The number of aryl methyl sites for hydroxylation is 1. The van der Waals surface area contributed by atoms with Crippen molar-refractivity contribution in [1.82, 2.24) is 4.98 Å². The summed E-state index contributed by atoms with van der Waals surface area (Å²) < 4.78 is 0. The zero-order valence-corrected chi connectivity index (χ0v) is 8.89. The van der Waals surface area contributed by atoms with Gasteiger partial charge in [-0.3, -0.25) is 0 Å². The van der Waals surface area contributed by atoms with Crippen molar-refractivity contribution in [2.75, 3.05) is 0 Å². The summed E-state index contributed by atoms with van der Waals surface area (Å²) in [7, 11) is 0. The summed E-state index contributed by atoms with van der Waals surface area (Å²) in [6, 6.07) is 3.77. The number of benzene rings is 1. The Kier molecular flexibility index (Phi) is 2.25. The molecule has 0 amide bonds. The summed E-state index contributed by atoms with van der Waals surface area (Å²) in [6.45, 7) is 3.75. The van der Waals surface area contributed by atoms with E-state index in [0.29, 0.717) is 5.02 Å². The lowest BCUT2D eigenvalue weighted by atomic mass is 10.1. The Morgan fingerprint density at radius 2 is 2.14 bits per heavy atom. The lowest BCUT2D eigenvalue weighted by Crippen LogP contribution is -1.90. The van der Waals surface area contributed by atoms with Gasteiger partial charge in [-0.2, -0.15) is 0 Å². The smallest absolute Gasteiger partial charge is 0.0762 e. The molecule has 2 N–H and O–H groups in total. The number of nitrogens with one attached hydrogen (secondary N) is 1. The van der Waals surface area contributed by atoms with Crippen molar-refractivity contribution in [1.29, 1.82) is 0 Å². The van der Waals surface area contributed by atoms with Crippen LogP contribution >= 0.6 is 11.6 Å². The van der Waals surface area contributed by atoms with E-state index < -0.39 is 6.10 Å². The Bertz CT molecular complexity index is 473. The summed E-state index contributed by atoms with van der Waals surface area (Å²) >= 11 is 6.08. The molecule has 0 saturated carbocycles. The molecule has 14 heavy (non-hydrogen) atoms. The average Bonchev–Trinajstić information content (AvgIpc) is 2.48. The molecule has 0 aliphatic rings. The van der Waals surface area contributed by atoms with Gasteiger partial charge in [0.15, 0.2) is 0 Å². The standard InChI is InChI=1S/C11H12ClNO/c1-6-5-13-11-9(6)3-8(7(2)14)4-10(11)12/h3-5,7,13-14H,1-2H3. The van der Waals surface area contributed by atoms with Gasteiger partial charge in [0.05, 0.1) is 16.6 Å². The number of rotatable bonds is 1. The molecule has 1 aromatic carbocycles. The van der Waals surface area contributed by atoms with Crippen LogP contribution < -0.4 is 0 Å². The highest BCUT2D eigenvalue weighted by Crippen LogP contribution is 2.29. The number of aromatic amines is 1. The largest absolute Gasteiger partial charge is 0.389 e. The Labute approximate surface area is 87.5 Å². The van der Waals surface area contributed by atoms with Gasteiger partial charge >= 0.3 is 0 Å². The zero-order chi connectivity index (χ0) is 10.3. The topological polar surface area (TPSA) is 36.0 Å². The fraction of sp³-hybridized carbons (Fsp3) is 0.273. The van der Waals surface area contributed by atoms with Crippen LogP contribution in [-0.4, -0.2) is 10.1 Å². The molecule has 3 heteroatoms. The molecule has 1 atom stereocenters. The molecular formula is C11H12ClNO. The lowest BCUT2D eigenvalue weighted by molar-refractivity contribution is 0.199. The maximum atomic E-state index is 9.47. The van der Waals surface area contributed by atoms with Gasteiger partial charge in [0, 0.05) is 11.6 Å². The molecule has 2 nitrogen and oxygen atoms in total. The molecule has 1 heterocycles. The Hall–Kier alpha value is -0.990. The molecule has 74 valence electrons. The molecule has 0 fully saturated rings. The number of halogens is 1. The van der Waals surface area contributed by atoms with Gasteiger partial charge in [-0.1, -0.05) is 11.6 Å². The number of hydrogen-bond acceptors (Lipinski definition) is 1. The van der Waals surface area contributed by atoms with Gasteiger partial charge < -0.3 is 10.1 Å². The SMILES string of the molecule is Cc1c[nH]c2c(Cl)cc(C(C)O)cc12. The fourth-order valence-corrected chi connectivity index (χ4v) is 1.87. The van der Waals surface area contributed by atoms with Crippen LogP contribution in [0.1, 0.15) is 24.2 Å². The third-order valence-corrected chi connectivity index (χ3v) is 2.75. The first kappa shape index (κ1) is 9.56. The zero-order valence-electron chi connectivity index (χ0n) is 8.13. The molecule has 2 rings (SSSR count). The van der Waals surface area contributed by atoms with Crippen LogP contribution in [0.3, 0.4) is 0 Å². The average molecular weight is 210 g/mol. The second-order valence-electron chi connectivity index (χ2n) is 3.57. The van der Waals surface area contributed by atoms with Gasteiger partial charge in [-0.05, 0) is 37.1 Å². The van der Waals surface area contributed by atoms with Crippen molar-refractivity contribution in [2.45, 2.75) is 20.0 Å². The third kappa shape index (κ3) is 1.41. The van der Waals surface area contributed by atoms with E-state index in [-0.39, 0.29) is 0 Å². The number of aliphatic hydroxyl groups is 1. The van der Waals surface area contributed by atoms with Crippen molar-refractivity contribution >= 4 is 22.5 Å². The Balaban J connectivity index is 2.75. The van der Waals surface area contributed by atoms with Crippen LogP contribution in [0.5, 0.6) is 0 Å². The molecule has 0 radical (unpaired) electrons. The third-order valence-electron chi connectivity index (χ3n) is 2.45. The lowest BCUT2D eigenvalue weighted by Gasteiger charge is -2.06. The minimum atomic E-state index is -0.480. The quantitative estimate of drug-likeness (QED) is 0.744. The van der Waals surface area contributed by atoms with E-state index in [4.69, 9.17) is 11.6 Å². The molecule has 0 spiro atoms. The van der Waals surface area contributed by atoms with E-state index in [2.05, 4.69) is 4.98 Å². The van der Waals surface area contributed by atoms with E-state index >= 15 is 0 Å². The molecule has 0 bridgehead atoms. The summed E-state index contributed by atoms with van der Waals surface area (Å²) in [4.78, 5) is 3.11. The van der Waals surface area contributed by atoms with Gasteiger partial charge in [-0.25, -0.2) is 0 Å². The van der Waals surface area contributed by atoms with Crippen molar-refractivity contribution in [3.63, 3.8) is 0 Å². The first-order valence-electron chi connectivity index (χ1n) is 4.55. The molecule has 2 aromatic rings. The fourth-order valence-electron chi connectivity index (χ4n) is 1.58. The number of fused-ring (bicyclic) bond motifs is 1. The van der Waals surface area contributed by atoms with Crippen LogP contribution in [-0.2, 0) is 0 Å². The van der Waals surface area contributed by atoms with E-state index in [1.165, 1.54) is 0 Å². The van der Waals surface area contributed by atoms with Crippen LogP contribution in [0.25, 0.3) is 10.9 Å². The first-order valence-corrected chi connectivity index (χ1v) is 4.92. The molecule has 1 aromatic heterocycles. The Morgan fingerprint density at radius 1 is 1.43 bits per heavy atom. The van der Waals surface area contributed by atoms with Gasteiger partial charge in [-0.15, -0.1) is 0 Å². The van der Waals surface area contributed by atoms with Crippen molar-refractivity contribution in [3.05, 3.63) is 34.5 Å². The molecular weight excluding hydrogens is 198 g/mol. The predicted octanol–water partition coefficient (Wildman–Crippen LogP) is 3.18. The number of H-pyrrole nitrogens is 1. The van der Waals surface area contributed by atoms with E-state index in [0.717, 1.165) is 22.0 Å². The maximum absolute atomic E-state index is 9.47. The number of hydrogen-bond donors (Lipinski definition) is 2. The van der Waals surface area contributed by atoms with Crippen molar-refractivity contribution in [2.24, 2.45) is 0 Å². The highest BCUT2D eigenvalue weighted by atomic mass is 35.5. The van der Waals surface area contributed by atoms with E-state index in [9.17, 15) is 5.11 Å². The van der Waals surface area contributed by atoms with Crippen molar-refractivity contribution < 1.29 is 5.11 Å². The number of aromatic nitrogens is 1. The number of aliphatic hydroxyl groups excluding tert-OH is 1. The minimum Gasteiger partial charge on any atom is -0.389 e. The highest BCUT2D eigenvalue weighted by Gasteiger charge is 2.08. The van der Waals surface area contributed by atoms with Crippen LogP contribution in [0.4, 0.5) is 0 Å². The molecule has 0 saturated heterocycles. The predicted molar refractivity (Wildman–Crippen MR) is 58.7 cm³/mol. The molecule has 0 aliphatic heterocycles. The molecule has 0 aliphatic carbocycles. The van der Waals surface area contributed by atoms with Crippen LogP contribution in [0.2, 0.25) is 5.02 Å². The van der Waals surface area contributed by atoms with E-state index in [1.807, 2.05) is 19.2 Å². The summed E-state index contributed by atoms with van der Waals surface area (Å²) in [5.41, 5.74) is 2.93. The second kappa shape index (κ2) is 3.30. The summed E-state index contributed by atoms with van der Waals surface area (Å²) in [6.07, 6.45) is 1.44. The normalized spacial score (nSPS) is 13.4. The maximum Gasteiger partial charge on any atom is 0.0762 e. The summed E-state index contributed by atoms with van der Waals surface area (Å²) in [5.74, 6) is 0. The van der Waals surface area contributed by atoms with Crippen molar-refractivity contribution in [3.8, 4) is 0 Å².